The fourth-order valence-corrected chi connectivity index (χ4v) is 4.75. The molecule has 35 heavy (non-hydrogen) atoms. The van der Waals surface area contributed by atoms with Gasteiger partial charge in [0.25, 0.3) is 11.8 Å². The van der Waals surface area contributed by atoms with Crippen LogP contribution in [0.25, 0.3) is 0 Å². The fourth-order valence-electron chi connectivity index (χ4n) is 4.75. The molecule has 0 bridgehead atoms. The van der Waals surface area contributed by atoms with E-state index in [0.717, 1.165) is 25.7 Å². The summed E-state index contributed by atoms with van der Waals surface area (Å²) >= 11 is 0. The lowest BCUT2D eigenvalue weighted by Crippen LogP contribution is -2.42. The number of nitrogens with zero attached hydrogens (tertiary/aromatic N) is 2. The van der Waals surface area contributed by atoms with Gasteiger partial charge in [-0.25, -0.2) is 0 Å². The molecule has 0 aliphatic heterocycles. The number of ether oxygens (including phenoxy) is 1. The highest BCUT2D eigenvalue weighted by molar-refractivity contribution is 5.99. The first-order chi connectivity index (χ1) is 17.0. The molecule has 2 aromatic rings. The largest absolute Gasteiger partial charge is 0.383 e. The number of amides is 2. The van der Waals surface area contributed by atoms with E-state index in [-0.39, 0.29) is 29.6 Å². The standard InChI is InChI=1S/C28H35N3O4/c1-4-15-31(16-5-2)27(34)24-20-30(17-18-35-3)19-23(25(24)32)26(33)29-21-28(13-9-10-14-28)22-11-7-6-8-12-22/h4-8,11-12,19-20H,1-2,9-10,13-18,21H2,3H3,(H,29,33). The molecule has 0 atom stereocenters. The predicted molar refractivity (Wildman–Crippen MR) is 138 cm³/mol. The van der Waals surface area contributed by atoms with Gasteiger partial charge in [0.1, 0.15) is 11.1 Å². The van der Waals surface area contributed by atoms with Gasteiger partial charge >= 0.3 is 0 Å². The van der Waals surface area contributed by atoms with Crippen LogP contribution in [0.4, 0.5) is 0 Å². The maximum Gasteiger partial charge on any atom is 0.259 e. The minimum Gasteiger partial charge on any atom is -0.383 e. The summed E-state index contributed by atoms with van der Waals surface area (Å²) in [4.78, 5) is 41.3. The Morgan fingerprint density at radius 2 is 1.71 bits per heavy atom. The second-order valence-corrected chi connectivity index (χ2v) is 8.97. The Bertz CT molecular complexity index is 1090. The summed E-state index contributed by atoms with van der Waals surface area (Å²) < 4.78 is 6.82. The number of nitrogens with one attached hydrogen (secondary N) is 1. The predicted octanol–water partition coefficient (Wildman–Crippen LogP) is 3.55. The van der Waals surface area contributed by atoms with E-state index in [1.165, 1.54) is 22.9 Å². The highest BCUT2D eigenvalue weighted by Crippen LogP contribution is 2.40. The van der Waals surface area contributed by atoms with Crippen LogP contribution in [0.5, 0.6) is 0 Å². The molecule has 1 saturated carbocycles. The molecule has 0 spiro atoms. The van der Waals surface area contributed by atoms with E-state index in [4.69, 9.17) is 4.74 Å². The lowest BCUT2D eigenvalue weighted by Gasteiger charge is -2.30. The topological polar surface area (TPSA) is 80.6 Å². The Hall–Kier alpha value is -3.45. The molecule has 7 heteroatoms. The van der Waals surface area contributed by atoms with Gasteiger partial charge in [-0.1, -0.05) is 55.3 Å². The van der Waals surface area contributed by atoms with E-state index in [0.29, 0.717) is 19.7 Å². The van der Waals surface area contributed by atoms with Gasteiger partial charge in [0.05, 0.1) is 6.61 Å². The number of carbonyl (C=O) groups excluding carboxylic acids is 2. The number of pyridine rings is 1. The molecule has 7 nitrogen and oxygen atoms in total. The second kappa shape index (κ2) is 12.3. The first-order valence-electron chi connectivity index (χ1n) is 12.0. The summed E-state index contributed by atoms with van der Waals surface area (Å²) in [7, 11) is 1.57. The van der Waals surface area contributed by atoms with Gasteiger partial charge in [-0.15, -0.1) is 13.2 Å². The van der Waals surface area contributed by atoms with E-state index >= 15 is 0 Å². The molecular formula is C28H35N3O4. The Morgan fingerprint density at radius 3 is 2.31 bits per heavy atom. The quantitative estimate of drug-likeness (QED) is 0.474. The monoisotopic (exact) mass is 477 g/mol. The molecule has 1 aromatic heterocycles. The molecule has 1 aromatic carbocycles. The molecule has 1 N–H and O–H groups in total. The molecular weight excluding hydrogens is 442 g/mol. The third kappa shape index (κ3) is 6.17. The number of hydrogen-bond acceptors (Lipinski definition) is 4. The van der Waals surface area contributed by atoms with Gasteiger partial charge in [0.2, 0.25) is 5.43 Å². The summed E-state index contributed by atoms with van der Waals surface area (Å²) in [5.41, 5.74) is 0.356. The minimum absolute atomic E-state index is 0.0506. The van der Waals surface area contributed by atoms with Gasteiger partial charge in [0, 0.05) is 51.1 Å². The van der Waals surface area contributed by atoms with Crippen LogP contribution >= 0.6 is 0 Å². The number of methoxy groups -OCH3 is 1. The van der Waals surface area contributed by atoms with E-state index < -0.39 is 17.2 Å². The maximum absolute atomic E-state index is 13.3. The van der Waals surface area contributed by atoms with Crippen molar-refractivity contribution in [2.45, 2.75) is 37.6 Å². The van der Waals surface area contributed by atoms with Crippen molar-refractivity contribution < 1.29 is 14.3 Å². The van der Waals surface area contributed by atoms with Crippen molar-refractivity contribution in [1.29, 1.82) is 0 Å². The molecule has 1 fully saturated rings. The fraction of sp³-hybridized carbons (Fsp3) is 0.393. The summed E-state index contributed by atoms with van der Waals surface area (Å²) in [5.74, 6) is -0.941. The third-order valence-electron chi connectivity index (χ3n) is 6.63. The average Bonchev–Trinajstić information content (AvgIpc) is 3.37. The number of hydrogen-bond donors (Lipinski definition) is 1. The van der Waals surface area contributed by atoms with Crippen LogP contribution in [0.1, 0.15) is 52.0 Å². The number of carbonyl (C=O) groups is 2. The van der Waals surface area contributed by atoms with Crippen molar-refractivity contribution >= 4 is 11.8 Å². The SMILES string of the molecule is C=CCN(CC=C)C(=O)c1cn(CCOC)cc(C(=O)NCC2(c3ccccc3)CCCC2)c1=O. The van der Waals surface area contributed by atoms with E-state index in [9.17, 15) is 14.4 Å². The Balaban J connectivity index is 1.92. The average molecular weight is 478 g/mol. The lowest BCUT2D eigenvalue weighted by molar-refractivity contribution is 0.0788. The van der Waals surface area contributed by atoms with Crippen molar-refractivity contribution in [3.63, 3.8) is 0 Å². The van der Waals surface area contributed by atoms with Crippen LogP contribution in [-0.2, 0) is 16.7 Å². The Labute approximate surface area is 207 Å². The summed E-state index contributed by atoms with van der Waals surface area (Å²) in [6.45, 7) is 9.10. The molecule has 1 heterocycles. The minimum atomic E-state index is -0.584. The summed E-state index contributed by atoms with van der Waals surface area (Å²) in [6, 6.07) is 10.2. The highest BCUT2D eigenvalue weighted by Gasteiger charge is 2.36. The zero-order valence-corrected chi connectivity index (χ0v) is 20.5. The zero-order valence-electron chi connectivity index (χ0n) is 20.5. The number of rotatable bonds is 12. The summed E-state index contributed by atoms with van der Waals surface area (Å²) in [6.07, 6.45) is 10.3. The first-order valence-corrected chi connectivity index (χ1v) is 12.0. The van der Waals surface area contributed by atoms with Crippen LogP contribution in [0.15, 0.2) is 72.8 Å². The van der Waals surface area contributed by atoms with Crippen LogP contribution in [0.2, 0.25) is 0 Å². The Kier molecular flexibility index (Phi) is 9.20. The van der Waals surface area contributed by atoms with Crippen molar-refractivity contribution in [2.75, 3.05) is 33.4 Å². The van der Waals surface area contributed by atoms with Gasteiger partial charge in [-0.05, 0) is 18.4 Å². The van der Waals surface area contributed by atoms with E-state index in [2.05, 4.69) is 30.6 Å². The molecule has 0 saturated heterocycles. The van der Waals surface area contributed by atoms with Crippen LogP contribution in [0, 0.1) is 0 Å². The molecule has 0 radical (unpaired) electrons. The van der Waals surface area contributed by atoms with Crippen molar-refractivity contribution in [1.82, 2.24) is 14.8 Å². The molecule has 2 amide bonds. The second-order valence-electron chi connectivity index (χ2n) is 8.97. The van der Waals surface area contributed by atoms with Crippen molar-refractivity contribution in [2.24, 2.45) is 0 Å². The van der Waals surface area contributed by atoms with Crippen LogP contribution < -0.4 is 10.7 Å². The molecule has 1 aliphatic carbocycles. The van der Waals surface area contributed by atoms with Crippen molar-refractivity contribution in [3.05, 3.63) is 94.9 Å². The maximum atomic E-state index is 13.3. The normalized spacial score (nSPS) is 14.3. The van der Waals surface area contributed by atoms with Crippen LogP contribution in [0.3, 0.4) is 0 Å². The lowest BCUT2D eigenvalue weighted by atomic mass is 9.79. The van der Waals surface area contributed by atoms with Crippen molar-refractivity contribution in [3.8, 4) is 0 Å². The highest BCUT2D eigenvalue weighted by atomic mass is 16.5. The molecule has 186 valence electrons. The first kappa shape index (κ1) is 26.2. The van der Waals surface area contributed by atoms with Crippen LogP contribution in [-0.4, -0.2) is 54.6 Å². The third-order valence-corrected chi connectivity index (χ3v) is 6.63. The summed E-state index contributed by atoms with van der Waals surface area (Å²) in [5, 5.41) is 3.01. The Morgan fingerprint density at radius 1 is 1.09 bits per heavy atom. The van der Waals surface area contributed by atoms with Gasteiger partial charge in [-0.3, -0.25) is 14.4 Å². The zero-order chi connectivity index (χ0) is 25.3. The number of aromatic nitrogens is 1. The van der Waals surface area contributed by atoms with Gasteiger partial charge in [0.15, 0.2) is 0 Å². The molecule has 1 aliphatic rings. The van der Waals surface area contributed by atoms with E-state index in [1.807, 2.05) is 18.2 Å². The molecule has 0 unspecified atom stereocenters. The molecule has 3 rings (SSSR count). The smallest absolute Gasteiger partial charge is 0.259 e. The van der Waals surface area contributed by atoms with Gasteiger partial charge < -0.3 is 19.5 Å². The number of benzene rings is 1. The van der Waals surface area contributed by atoms with E-state index in [1.54, 1.807) is 23.8 Å². The van der Waals surface area contributed by atoms with Gasteiger partial charge in [-0.2, -0.15) is 0 Å².